The van der Waals surface area contributed by atoms with Crippen molar-refractivity contribution in [3.63, 3.8) is 0 Å². The van der Waals surface area contributed by atoms with E-state index in [-0.39, 0.29) is 16.6 Å². The molecule has 0 saturated carbocycles. The summed E-state index contributed by atoms with van der Waals surface area (Å²) < 4.78 is 44.2. The number of hydrogen-bond acceptors (Lipinski definition) is 6. The predicted octanol–water partition coefficient (Wildman–Crippen LogP) is 1.46. The number of amides is 1. The molecule has 0 N–H and O–H groups in total. The lowest BCUT2D eigenvalue weighted by atomic mass is 10.0. The molecule has 1 spiro atoms. The molecule has 3 fully saturated rings. The van der Waals surface area contributed by atoms with Crippen molar-refractivity contribution in [1.82, 2.24) is 9.21 Å². The molecular weight excluding hydrogens is 384 g/mol. The molecule has 0 bridgehead atoms. The van der Waals surface area contributed by atoms with Crippen molar-refractivity contribution in [3.8, 4) is 5.75 Å². The van der Waals surface area contributed by atoms with Gasteiger partial charge in [-0.15, -0.1) is 0 Å². The fraction of sp³-hybridized carbons (Fsp3) is 0.632. The summed E-state index contributed by atoms with van der Waals surface area (Å²) in [6.07, 6.45) is 2.93. The van der Waals surface area contributed by atoms with Crippen LogP contribution in [0, 0.1) is 0 Å². The third-order valence-electron chi connectivity index (χ3n) is 5.72. The highest BCUT2D eigenvalue weighted by atomic mass is 32.2. The third kappa shape index (κ3) is 3.52. The number of hydrogen-bond donors (Lipinski definition) is 0. The zero-order valence-electron chi connectivity index (χ0n) is 16.1. The van der Waals surface area contributed by atoms with E-state index in [1.807, 2.05) is 0 Å². The number of methoxy groups -OCH3 is 1. The van der Waals surface area contributed by atoms with Crippen LogP contribution in [0.4, 0.5) is 0 Å². The van der Waals surface area contributed by atoms with Gasteiger partial charge in [0.25, 0.3) is 5.91 Å². The summed E-state index contributed by atoms with van der Waals surface area (Å²) in [7, 11) is -2.25. The molecule has 28 heavy (non-hydrogen) atoms. The smallest absolute Gasteiger partial charge is 0.253 e. The lowest BCUT2D eigenvalue weighted by molar-refractivity contribution is -0.181. The molecule has 3 aliphatic rings. The van der Waals surface area contributed by atoms with Gasteiger partial charge in [0.1, 0.15) is 10.6 Å². The Balaban J connectivity index is 1.56. The van der Waals surface area contributed by atoms with E-state index in [2.05, 4.69) is 0 Å². The van der Waals surface area contributed by atoms with E-state index in [1.54, 1.807) is 17.0 Å². The van der Waals surface area contributed by atoms with Gasteiger partial charge < -0.3 is 19.1 Å². The van der Waals surface area contributed by atoms with Gasteiger partial charge in [-0.1, -0.05) is 0 Å². The molecule has 0 aromatic heterocycles. The molecular formula is C19H26N2O6S. The lowest BCUT2D eigenvalue weighted by Crippen LogP contribution is -2.47. The number of rotatable bonds is 4. The zero-order chi connectivity index (χ0) is 19.8. The maximum Gasteiger partial charge on any atom is 0.253 e. The Kier molecular flexibility index (Phi) is 5.34. The molecule has 4 rings (SSSR count). The number of nitrogens with zero attached hydrogens (tertiary/aromatic N) is 2. The molecule has 1 aromatic carbocycles. The van der Waals surface area contributed by atoms with Gasteiger partial charge in [0, 0.05) is 44.6 Å². The van der Waals surface area contributed by atoms with Crippen LogP contribution >= 0.6 is 0 Å². The Hall–Kier alpha value is -1.68. The Morgan fingerprint density at radius 3 is 2.32 bits per heavy atom. The van der Waals surface area contributed by atoms with Crippen LogP contribution in [0.5, 0.6) is 5.75 Å². The second-order valence-electron chi connectivity index (χ2n) is 7.38. The van der Waals surface area contributed by atoms with Gasteiger partial charge >= 0.3 is 0 Å². The number of sulfonamides is 1. The molecule has 0 aliphatic carbocycles. The highest BCUT2D eigenvalue weighted by molar-refractivity contribution is 7.89. The number of carbonyl (C=O) groups is 1. The first-order chi connectivity index (χ1) is 13.5. The van der Waals surface area contributed by atoms with Crippen molar-refractivity contribution in [2.24, 2.45) is 0 Å². The van der Waals surface area contributed by atoms with Crippen LogP contribution < -0.4 is 4.74 Å². The fourth-order valence-electron chi connectivity index (χ4n) is 4.10. The van der Waals surface area contributed by atoms with Gasteiger partial charge in [-0.05, 0) is 31.0 Å². The SMILES string of the molecule is COc1ccc(C(=O)N2CCC3(CC2)OCCO3)cc1S(=O)(=O)N1CCCC1. The third-order valence-corrected chi connectivity index (χ3v) is 7.64. The number of likely N-dealkylation sites (tertiary alicyclic amines) is 1. The summed E-state index contributed by atoms with van der Waals surface area (Å²) in [6.45, 7) is 3.20. The minimum Gasteiger partial charge on any atom is -0.495 e. The summed E-state index contributed by atoms with van der Waals surface area (Å²) in [5.41, 5.74) is 0.350. The van der Waals surface area contributed by atoms with Crippen molar-refractivity contribution < 1.29 is 27.4 Å². The predicted molar refractivity (Wildman–Crippen MR) is 101 cm³/mol. The van der Waals surface area contributed by atoms with Crippen LogP contribution in [-0.4, -0.2) is 75.8 Å². The molecule has 9 heteroatoms. The first kappa shape index (κ1) is 19.6. The number of carbonyl (C=O) groups excluding carboxylic acids is 1. The van der Waals surface area contributed by atoms with Crippen molar-refractivity contribution in [1.29, 1.82) is 0 Å². The van der Waals surface area contributed by atoms with Crippen LogP contribution in [0.25, 0.3) is 0 Å². The van der Waals surface area contributed by atoms with Gasteiger partial charge in [-0.2, -0.15) is 4.31 Å². The Labute approximate surface area is 165 Å². The summed E-state index contributed by atoms with van der Waals surface area (Å²) >= 11 is 0. The summed E-state index contributed by atoms with van der Waals surface area (Å²) in [5.74, 6) is -0.483. The van der Waals surface area contributed by atoms with E-state index in [4.69, 9.17) is 14.2 Å². The first-order valence-electron chi connectivity index (χ1n) is 9.71. The normalized spacial score (nSPS) is 22.7. The highest BCUT2D eigenvalue weighted by Crippen LogP contribution is 2.33. The maximum absolute atomic E-state index is 13.0. The van der Waals surface area contributed by atoms with E-state index in [1.165, 1.54) is 17.5 Å². The minimum atomic E-state index is -3.69. The van der Waals surface area contributed by atoms with Crippen molar-refractivity contribution in [3.05, 3.63) is 23.8 Å². The van der Waals surface area contributed by atoms with E-state index in [0.29, 0.717) is 57.8 Å². The second kappa shape index (κ2) is 7.62. The van der Waals surface area contributed by atoms with Crippen LogP contribution in [0.15, 0.2) is 23.1 Å². The molecule has 154 valence electrons. The van der Waals surface area contributed by atoms with E-state index in [0.717, 1.165) is 12.8 Å². The van der Waals surface area contributed by atoms with E-state index >= 15 is 0 Å². The molecule has 0 atom stereocenters. The number of ether oxygens (including phenoxy) is 3. The van der Waals surface area contributed by atoms with Crippen LogP contribution in [0.1, 0.15) is 36.0 Å². The molecule has 3 heterocycles. The first-order valence-corrected chi connectivity index (χ1v) is 11.1. The Bertz CT molecular complexity index is 834. The molecule has 3 saturated heterocycles. The Morgan fingerprint density at radius 2 is 1.71 bits per heavy atom. The molecule has 0 radical (unpaired) electrons. The maximum atomic E-state index is 13.0. The topological polar surface area (TPSA) is 85.4 Å². The largest absolute Gasteiger partial charge is 0.495 e. The van der Waals surface area contributed by atoms with E-state index < -0.39 is 15.8 Å². The average Bonchev–Trinajstić information content (AvgIpc) is 3.41. The van der Waals surface area contributed by atoms with Gasteiger partial charge in [0.2, 0.25) is 10.0 Å². The van der Waals surface area contributed by atoms with Gasteiger partial charge in [0.05, 0.1) is 20.3 Å². The standard InChI is InChI=1S/C19H26N2O6S/c1-25-16-5-4-15(14-17(16)28(23,24)21-8-2-3-9-21)18(22)20-10-6-19(7-11-20)26-12-13-27-19/h4-5,14H,2-3,6-13H2,1H3. The van der Waals surface area contributed by atoms with E-state index in [9.17, 15) is 13.2 Å². The summed E-state index contributed by atoms with van der Waals surface area (Å²) in [5, 5.41) is 0. The van der Waals surface area contributed by atoms with Crippen molar-refractivity contribution in [2.75, 3.05) is 46.5 Å². The molecule has 3 aliphatic heterocycles. The molecule has 0 unspecified atom stereocenters. The quantitative estimate of drug-likeness (QED) is 0.747. The fourth-order valence-corrected chi connectivity index (χ4v) is 5.80. The molecule has 1 amide bonds. The van der Waals surface area contributed by atoms with Gasteiger partial charge in [-0.3, -0.25) is 4.79 Å². The monoisotopic (exact) mass is 410 g/mol. The minimum absolute atomic E-state index is 0.0543. The van der Waals surface area contributed by atoms with Gasteiger partial charge in [-0.25, -0.2) is 8.42 Å². The summed E-state index contributed by atoms with van der Waals surface area (Å²) in [4.78, 5) is 14.8. The van der Waals surface area contributed by atoms with Crippen molar-refractivity contribution in [2.45, 2.75) is 36.4 Å². The van der Waals surface area contributed by atoms with Crippen LogP contribution in [-0.2, 0) is 19.5 Å². The lowest BCUT2D eigenvalue weighted by Gasteiger charge is -2.37. The average molecular weight is 410 g/mol. The van der Waals surface area contributed by atoms with Gasteiger partial charge in [0.15, 0.2) is 5.79 Å². The molecule has 1 aromatic rings. The summed E-state index contributed by atoms with van der Waals surface area (Å²) in [6, 6.07) is 4.63. The zero-order valence-corrected chi connectivity index (χ0v) is 16.9. The number of piperidine rings is 1. The number of benzene rings is 1. The molecule has 8 nitrogen and oxygen atoms in total. The highest BCUT2D eigenvalue weighted by Gasteiger charge is 2.41. The van der Waals surface area contributed by atoms with Crippen LogP contribution in [0.3, 0.4) is 0 Å². The second-order valence-corrected chi connectivity index (χ2v) is 9.28. The Morgan fingerprint density at radius 1 is 1.07 bits per heavy atom. The van der Waals surface area contributed by atoms with Crippen LogP contribution in [0.2, 0.25) is 0 Å². The van der Waals surface area contributed by atoms with Crippen molar-refractivity contribution >= 4 is 15.9 Å².